The Morgan fingerprint density at radius 3 is 2.54 bits per heavy atom. The molecular formula is C28H39N3O3S. The summed E-state index contributed by atoms with van der Waals surface area (Å²) in [5, 5.41) is 5.68. The van der Waals surface area contributed by atoms with Gasteiger partial charge in [-0.25, -0.2) is 4.98 Å². The molecule has 0 radical (unpaired) electrons. The molecule has 0 aliphatic rings. The van der Waals surface area contributed by atoms with Gasteiger partial charge in [-0.3, -0.25) is 14.4 Å². The van der Waals surface area contributed by atoms with Gasteiger partial charge < -0.3 is 10.2 Å². The Morgan fingerprint density at radius 2 is 1.91 bits per heavy atom. The predicted octanol–water partition coefficient (Wildman–Crippen LogP) is 5.24. The van der Waals surface area contributed by atoms with Crippen LogP contribution in [0.3, 0.4) is 0 Å². The van der Waals surface area contributed by atoms with Gasteiger partial charge in [0, 0.05) is 31.3 Å². The molecule has 1 aromatic carbocycles. The largest absolute Gasteiger partial charge is 0.344 e. The summed E-state index contributed by atoms with van der Waals surface area (Å²) < 4.78 is 0. The minimum Gasteiger partial charge on any atom is -0.344 e. The summed E-state index contributed by atoms with van der Waals surface area (Å²) in [5.41, 5.74) is 2.03. The zero-order valence-electron chi connectivity index (χ0n) is 21.6. The lowest BCUT2D eigenvalue weighted by atomic mass is 9.97. The Kier molecular flexibility index (Phi) is 11.8. The lowest BCUT2D eigenvalue weighted by Gasteiger charge is -2.31. The van der Waals surface area contributed by atoms with Crippen LogP contribution in [0.25, 0.3) is 0 Å². The number of carbonyl (C=O) groups is 3. The molecule has 0 aliphatic heterocycles. The van der Waals surface area contributed by atoms with Crippen molar-refractivity contribution in [2.24, 2.45) is 5.92 Å². The molecule has 0 bridgehead atoms. The van der Waals surface area contributed by atoms with Crippen molar-refractivity contribution in [3.8, 4) is 0 Å². The molecule has 190 valence electrons. The second-order valence-electron chi connectivity index (χ2n) is 9.38. The van der Waals surface area contributed by atoms with Crippen molar-refractivity contribution in [3.05, 3.63) is 63.6 Å². The standard InChI is InChI=1S/C28H39N3O3S/c1-6-7-13-27(33)31(5)25(20(2)3)14-15-26-30-24(19-35-26)28(34)29-23(16-21(4)18-32)17-22-11-9-8-10-12-22/h8-12,16,18-20,23,25H,6-7,13-15,17H2,1-5H3,(H,29,34)/b21-16+. The Balaban J connectivity index is 2.03. The van der Waals surface area contributed by atoms with Gasteiger partial charge >= 0.3 is 0 Å². The average Bonchev–Trinajstić information content (AvgIpc) is 3.32. The molecule has 6 nitrogen and oxygen atoms in total. The molecule has 0 saturated heterocycles. The fourth-order valence-corrected chi connectivity index (χ4v) is 4.88. The third-order valence-electron chi connectivity index (χ3n) is 6.11. The van der Waals surface area contributed by atoms with Crippen LogP contribution in [0.1, 0.15) is 74.4 Å². The molecule has 1 N–H and O–H groups in total. The number of allylic oxidation sites excluding steroid dienone is 1. The highest BCUT2D eigenvalue weighted by Gasteiger charge is 2.23. The van der Waals surface area contributed by atoms with Crippen LogP contribution in [0.15, 0.2) is 47.4 Å². The molecule has 0 aliphatic carbocycles. The second kappa shape index (κ2) is 14.6. The Labute approximate surface area is 213 Å². The zero-order valence-corrected chi connectivity index (χ0v) is 22.4. The van der Waals surface area contributed by atoms with Gasteiger partial charge in [0.2, 0.25) is 5.91 Å². The van der Waals surface area contributed by atoms with Crippen LogP contribution in [-0.4, -0.2) is 47.1 Å². The topological polar surface area (TPSA) is 79.4 Å². The van der Waals surface area contributed by atoms with Crippen molar-refractivity contribution in [1.82, 2.24) is 15.2 Å². The molecule has 2 rings (SSSR count). The van der Waals surface area contributed by atoms with E-state index in [1.807, 2.05) is 42.3 Å². The molecule has 2 amide bonds. The smallest absolute Gasteiger partial charge is 0.271 e. The molecule has 2 unspecified atom stereocenters. The van der Waals surface area contributed by atoms with Crippen LogP contribution in [0.5, 0.6) is 0 Å². The number of thiazole rings is 1. The predicted molar refractivity (Wildman–Crippen MR) is 143 cm³/mol. The van der Waals surface area contributed by atoms with Gasteiger partial charge in [-0.2, -0.15) is 0 Å². The Morgan fingerprint density at radius 1 is 1.20 bits per heavy atom. The summed E-state index contributed by atoms with van der Waals surface area (Å²) >= 11 is 1.47. The number of aldehydes is 1. The van der Waals surface area contributed by atoms with E-state index in [2.05, 4.69) is 31.1 Å². The van der Waals surface area contributed by atoms with Crippen LogP contribution in [0.2, 0.25) is 0 Å². The summed E-state index contributed by atoms with van der Waals surface area (Å²) in [5.74, 6) is 0.267. The van der Waals surface area contributed by atoms with Crippen LogP contribution < -0.4 is 5.32 Å². The van der Waals surface area contributed by atoms with Gasteiger partial charge in [0.05, 0.1) is 11.0 Å². The number of rotatable bonds is 14. The first-order valence-corrected chi connectivity index (χ1v) is 13.3. The first kappa shape index (κ1) is 28.4. The minimum absolute atomic E-state index is 0.132. The van der Waals surface area contributed by atoms with E-state index >= 15 is 0 Å². The summed E-state index contributed by atoms with van der Waals surface area (Å²) in [6, 6.07) is 9.68. The number of hydrogen-bond acceptors (Lipinski definition) is 5. The van der Waals surface area contributed by atoms with Crippen molar-refractivity contribution >= 4 is 29.4 Å². The number of hydrogen-bond donors (Lipinski definition) is 1. The minimum atomic E-state index is -0.312. The number of amides is 2. The van der Waals surface area contributed by atoms with Crippen molar-refractivity contribution in [1.29, 1.82) is 0 Å². The first-order valence-electron chi connectivity index (χ1n) is 12.4. The summed E-state index contributed by atoms with van der Waals surface area (Å²) in [6.07, 6.45) is 7.17. The van der Waals surface area contributed by atoms with Gasteiger partial charge in [0.15, 0.2) is 0 Å². The average molecular weight is 498 g/mol. The molecular weight excluding hydrogens is 458 g/mol. The van der Waals surface area contributed by atoms with Crippen molar-refractivity contribution < 1.29 is 14.4 Å². The summed E-state index contributed by atoms with van der Waals surface area (Å²) in [4.78, 5) is 43.1. The maximum absolute atomic E-state index is 12.9. The number of unbranched alkanes of at least 4 members (excludes halogenated alkanes) is 1. The number of aryl methyl sites for hydroxylation is 1. The zero-order chi connectivity index (χ0) is 25.8. The third kappa shape index (κ3) is 9.40. The molecule has 0 saturated carbocycles. The van der Waals surface area contributed by atoms with E-state index in [4.69, 9.17) is 0 Å². The van der Waals surface area contributed by atoms with Gasteiger partial charge in [-0.15, -0.1) is 11.3 Å². The molecule has 1 aromatic heterocycles. The molecule has 7 heteroatoms. The number of carbonyl (C=O) groups excluding carboxylic acids is 3. The molecule has 2 aromatic rings. The lowest BCUT2D eigenvalue weighted by Crippen LogP contribution is -2.40. The Bertz CT molecular complexity index is 984. The van der Waals surface area contributed by atoms with Crippen LogP contribution in [0.4, 0.5) is 0 Å². The van der Waals surface area contributed by atoms with Gasteiger partial charge in [0.1, 0.15) is 12.0 Å². The molecule has 35 heavy (non-hydrogen) atoms. The van der Waals surface area contributed by atoms with Gasteiger partial charge in [-0.05, 0) is 43.2 Å². The highest BCUT2D eigenvalue weighted by molar-refractivity contribution is 7.09. The molecule has 1 heterocycles. The van der Waals surface area contributed by atoms with E-state index in [0.29, 0.717) is 36.4 Å². The van der Waals surface area contributed by atoms with Crippen LogP contribution in [-0.2, 0) is 22.4 Å². The Hall–Kier alpha value is -2.80. The van der Waals surface area contributed by atoms with E-state index in [1.54, 1.807) is 18.4 Å². The molecule has 0 fully saturated rings. The SMILES string of the molecule is CCCCC(=O)N(C)C(CCc1nc(C(=O)NC(/C=C(\C)C=O)Cc2ccccc2)cs1)C(C)C. The van der Waals surface area contributed by atoms with Gasteiger partial charge in [0.25, 0.3) is 5.91 Å². The number of benzene rings is 1. The second-order valence-corrected chi connectivity index (χ2v) is 10.3. The fraction of sp³-hybridized carbons (Fsp3) is 0.500. The van der Waals surface area contributed by atoms with Crippen LogP contribution in [0, 0.1) is 5.92 Å². The lowest BCUT2D eigenvalue weighted by molar-refractivity contribution is -0.133. The monoisotopic (exact) mass is 497 g/mol. The maximum Gasteiger partial charge on any atom is 0.271 e. The first-order chi connectivity index (χ1) is 16.7. The normalized spacial score (nSPS) is 13.4. The summed E-state index contributed by atoms with van der Waals surface area (Å²) in [7, 11) is 1.89. The van der Waals surface area contributed by atoms with E-state index in [0.717, 1.165) is 36.1 Å². The van der Waals surface area contributed by atoms with Gasteiger partial charge in [-0.1, -0.05) is 63.6 Å². The quantitative estimate of drug-likeness (QED) is 0.286. The van der Waals surface area contributed by atoms with E-state index in [9.17, 15) is 14.4 Å². The number of aromatic nitrogens is 1. The molecule has 2 atom stereocenters. The summed E-state index contributed by atoms with van der Waals surface area (Å²) in [6.45, 7) is 8.09. The maximum atomic E-state index is 12.9. The van der Waals surface area contributed by atoms with Crippen molar-refractivity contribution in [3.63, 3.8) is 0 Å². The van der Waals surface area contributed by atoms with Crippen molar-refractivity contribution in [2.75, 3.05) is 7.05 Å². The fourth-order valence-electron chi connectivity index (χ4n) is 4.08. The van der Waals surface area contributed by atoms with Crippen LogP contribution >= 0.6 is 11.3 Å². The van der Waals surface area contributed by atoms with Crippen molar-refractivity contribution in [2.45, 2.75) is 78.3 Å². The van der Waals surface area contributed by atoms with E-state index < -0.39 is 0 Å². The highest BCUT2D eigenvalue weighted by atomic mass is 32.1. The number of nitrogens with zero attached hydrogens (tertiary/aromatic N) is 2. The third-order valence-corrected chi connectivity index (χ3v) is 7.02. The number of nitrogens with one attached hydrogen (secondary N) is 1. The van der Waals surface area contributed by atoms with E-state index in [-0.39, 0.29) is 23.9 Å². The van der Waals surface area contributed by atoms with E-state index in [1.165, 1.54) is 11.3 Å². The molecule has 0 spiro atoms. The highest BCUT2D eigenvalue weighted by Crippen LogP contribution is 2.20.